The van der Waals surface area contributed by atoms with Gasteiger partial charge in [0.15, 0.2) is 5.79 Å². The first-order chi connectivity index (χ1) is 6.18. The van der Waals surface area contributed by atoms with Crippen molar-refractivity contribution in [3.8, 4) is 0 Å². The lowest BCUT2D eigenvalue weighted by molar-refractivity contribution is -0.154. The third kappa shape index (κ3) is 2.22. The molecule has 0 radical (unpaired) electrons. The van der Waals surface area contributed by atoms with Crippen molar-refractivity contribution in [3.63, 3.8) is 0 Å². The van der Waals surface area contributed by atoms with E-state index in [9.17, 15) is 5.11 Å². The molecule has 2 rings (SSSR count). The quantitative estimate of drug-likeness (QED) is 0.706. The van der Waals surface area contributed by atoms with E-state index in [1.165, 1.54) is 0 Å². The second kappa shape index (κ2) is 3.56. The summed E-state index contributed by atoms with van der Waals surface area (Å²) in [5, 5.41) is 9.38. The summed E-state index contributed by atoms with van der Waals surface area (Å²) in [6, 6.07) is 0. The zero-order valence-corrected chi connectivity index (χ0v) is 8.16. The third-order valence-corrected chi connectivity index (χ3v) is 3.07. The first kappa shape index (κ1) is 9.44. The fourth-order valence-electron chi connectivity index (χ4n) is 2.43. The molecule has 1 aliphatic carbocycles. The molecule has 2 aliphatic rings. The van der Waals surface area contributed by atoms with E-state index in [0.717, 1.165) is 25.7 Å². The SMILES string of the molecule is CC1(CC2CCC(O)C2)OCCO1. The molecule has 3 nitrogen and oxygen atoms in total. The van der Waals surface area contributed by atoms with Gasteiger partial charge in [-0.2, -0.15) is 0 Å². The molecular formula is C10H18O3. The van der Waals surface area contributed by atoms with Crippen LogP contribution in [0.3, 0.4) is 0 Å². The standard InChI is InChI=1S/C10H18O3/c1-10(12-4-5-13-10)7-8-2-3-9(11)6-8/h8-9,11H,2-7H2,1H3. The molecule has 0 aromatic rings. The van der Waals surface area contributed by atoms with Crippen molar-refractivity contribution in [2.45, 2.75) is 44.5 Å². The summed E-state index contributed by atoms with van der Waals surface area (Å²) in [6.45, 7) is 3.43. The molecule has 0 aromatic carbocycles. The highest BCUT2D eigenvalue weighted by Gasteiger charge is 2.36. The van der Waals surface area contributed by atoms with Crippen molar-refractivity contribution in [1.82, 2.24) is 0 Å². The zero-order chi connectivity index (χ0) is 9.31. The van der Waals surface area contributed by atoms with Gasteiger partial charge in [-0.05, 0) is 32.1 Å². The predicted molar refractivity (Wildman–Crippen MR) is 48.3 cm³/mol. The summed E-state index contributed by atoms with van der Waals surface area (Å²) in [7, 11) is 0. The van der Waals surface area contributed by atoms with Gasteiger partial charge in [0.25, 0.3) is 0 Å². The van der Waals surface area contributed by atoms with Gasteiger partial charge in [-0.3, -0.25) is 0 Å². The molecule has 0 spiro atoms. The number of aliphatic hydroxyl groups excluding tert-OH is 1. The first-order valence-corrected chi connectivity index (χ1v) is 5.14. The number of rotatable bonds is 2. The van der Waals surface area contributed by atoms with E-state index in [2.05, 4.69) is 0 Å². The monoisotopic (exact) mass is 186 g/mol. The minimum atomic E-state index is -0.366. The zero-order valence-electron chi connectivity index (χ0n) is 8.16. The Balaban J connectivity index is 1.83. The smallest absolute Gasteiger partial charge is 0.166 e. The molecule has 2 fully saturated rings. The van der Waals surface area contributed by atoms with E-state index in [1.807, 2.05) is 6.92 Å². The summed E-state index contributed by atoms with van der Waals surface area (Å²) < 4.78 is 11.1. The van der Waals surface area contributed by atoms with Gasteiger partial charge in [0, 0.05) is 6.42 Å². The van der Waals surface area contributed by atoms with Gasteiger partial charge in [-0.1, -0.05) is 0 Å². The Hall–Kier alpha value is -0.120. The van der Waals surface area contributed by atoms with Crippen LogP contribution >= 0.6 is 0 Å². The Labute approximate surface area is 79.0 Å². The number of hydrogen-bond donors (Lipinski definition) is 1. The Morgan fingerprint density at radius 1 is 1.31 bits per heavy atom. The highest BCUT2D eigenvalue weighted by molar-refractivity contribution is 4.80. The van der Waals surface area contributed by atoms with Gasteiger partial charge in [0.2, 0.25) is 0 Å². The van der Waals surface area contributed by atoms with Crippen molar-refractivity contribution in [2.75, 3.05) is 13.2 Å². The summed E-state index contributed by atoms with van der Waals surface area (Å²) in [5.74, 6) is 0.215. The fourth-order valence-corrected chi connectivity index (χ4v) is 2.43. The fraction of sp³-hybridized carbons (Fsp3) is 1.00. The summed E-state index contributed by atoms with van der Waals surface area (Å²) in [5.41, 5.74) is 0. The molecule has 1 saturated heterocycles. The average molecular weight is 186 g/mol. The summed E-state index contributed by atoms with van der Waals surface area (Å²) >= 11 is 0. The largest absolute Gasteiger partial charge is 0.393 e. The van der Waals surface area contributed by atoms with Crippen LogP contribution in [0.4, 0.5) is 0 Å². The highest BCUT2D eigenvalue weighted by atomic mass is 16.7. The molecule has 13 heavy (non-hydrogen) atoms. The topological polar surface area (TPSA) is 38.7 Å². The van der Waals surface area contributed by atoms with Crippen LogP contribution in [0.15, 0.2) is 0 Å². The first-order valence-electron chi connectivity index (χ1n) is 5.14. The lowest BCUT2D eigenvalue weighted by atomic mass is 9.98. The van der Waals surface area contributed by atoms with Crippen molar-refractivity contribution in [1.29, 1.82) is 0 Å². The molecule has 1 heterocycles. The maximum absolute atomic E-state index is 9.38. The second-order valence-electron chi connectivity index (χ2n) is 4.37. The molecule has 76 valence electrons. The molecule has 1 N–H and O–H groups in total. The van der Waals surface area contributed by atoms with E-state index in [4.69, 9.17) is 9.47 Å². The lowest BCUT2D eigenvalue weighted by Crippen LogP contribution is -2.28. The third-order valence-electron chi connectivity index (χ3n) is 3.07. The van der Waals surface area contributed by atoms with Crippen LogP contribution in [-0.4, -0.2) is 30.2 Å². The Morgan fingerprint density at radius 3 is 2.54 bits per heavy atom. The minimum absolute atomic E-state index is 0.0880. The van der Waals surface area contributed by atoms with Crippen LogP contribution in [0.1, 0.15) is 32.6 Å². The maximum atomic E-state index is 9.38. The van der Waals surface area contributed by atoms with Crippen LogP contribution in [0.5, 0.6) is 0 Å². The second-order valence-corrected chi connectivity index (χ2v) is 4.37. The Kier molecular flexibility index (Phi) is 2.58. The van der Waals surface area contributed by atoms with E-state index in [-0.39, 0.29) is 11.9 Å². The van der Waals surface area contributed by atoms with Gasteiger partial charge < -0.3 is 14.6 Å². The molecule has 0 amide bonds. The van der Waals surface area contributed by atoms with E-state index in [0.29, 0.717) is 19.1 Å². The van der Waals surface area contributed by atoms with Crippen LogP contribution in [0.2, 0.25) is 0 Å². The van der Waals surface area contributed by atoms with Crippen LogP contribution in [-0.2, 0) is 9.47 Å². The molecule has 2 unspecified atom stereocenters. The average Bonchev–Trinajstić information content (AvgIpc) is 2.62. The van der Waals surface area contributed by atoms with Crippen LogP contribution in [0.25, 0.3) is 0 Å². The molecule has 1 saturated carbocycles. The maximum Gasteiger partial charge on any atom is 0.166 e. The van der Waals surface area contributed by atoms with Crippen LogP contribution in [0, 0.1) is 5.92 Å². The molecular weight excluding hydrogens is 168 g/mol. The molecule has 0 aromatic heterocycles. The number of aliphatic hydroxyl groups is 1. The Bertz CT molecular complexity index is 175. The van der Waals surface area contributed by atoms with E-state index in [1.54, 1.807) is 0 Å². The van der Waals surface area contributed by atoms with E-state index >= 15 is 0 Å². The molecule has 2 atom stereocenters. The van der Waals surface area contributed by atoms with Crippen molar-refractivity contribution in [3.05, 3.63) is 0 Å². The van der Waals surface area contributed by atoms with Gasteiger partial charge in [0.1, 0.15) is 0 Å². The summed E-state index contributed by atoms with van der Waals surface area (Å²) in [6.07, 6.45) is 3.83. The highest BCUT2D eigenvalue weighted by Crippen LogP contribution is 2.35. The van der Waals surface area contributed by atoms with E-state index < -0.39 is 0 Å². The molecule has 0 bridgehead atoms. The van der Waals surface area contributed by atoms with Gasteiger partial charge in [-0.15, -0.1) is 0 Å². The van der Waals surface area contributed by atoms with Gasteiger partial charge in [0.05, 0.1) is 19.3 Å². The summed E-state index contributed by atoms with van der Waals surface area (Å²) in [4.78, 5) is 0. The van der Waals surface area contributed by atoms with Crippen LogP contribution < -0.4 is 0 Å². The van der Waals surface area contributed by atoms with Crippen molar-refractivity contribution in [2.24, 2.45) is 5.92 Å². The molecule has 1 aliphatic heterocycles. The van der Waals surface area contributed by atoms with Gasteiger partial charge >= 0.3 is 0 Å². The predicted octanol–water partition coefficient (Wildman–Crippen LogP) is 1.30. The van der Waals surface area contributed by atoms with Crippen molar-refractivity contribution >= 4 is 0 Å². The minimum Gasteiger partial charge on any atom is -0.393 e. The number of hydrogen-bond acceptors (Lipinski definition) is 3. The number of ether oxygens (including phenoxy) is 2. The lowest BCUT2D eigenvalue weighted by Gasteiger charge is -2.25. The molecule has 3 heteroatoms. The Morgan fingerprint density at radius 2 is 2.00 bits per heavy atom. The normalized spacial score (nSPS) is 38.3. The van der Waals surface area contributed by atoms with Gasteiger partial charge in [-0.25, -0.2) is 0 Å². The van der Waals surface area contributed by atoms with Crippen molar-refractivity contribution < 1.29 is 14.6 Å².